The molecule has 9 nitrogen and oxygen atoms in total. The average molecular weight is 473 g/mol. The van der Waals surface area contributed by atoms with Gasteiger partial charge in [-0.1, -0.05) is 19.4 Å². The smallest absolute Gasteiger partial charge is 0.344 e. The third kappa shape index (κ3) is 8.10. The Kier molecular flexibility index (Phi) is 9.42. The lowest BCUT2D eigenvalue weighted by Crippen LogP contribution is -2.29. The molecule has 11 heteroatoms. The minimum Gasteiger partial charge on any atom is -0.479 e. The highest BCUT2D eigenvalue weighted by atomic mass is 32.2. The van der Waals surface area contributed by atoms with Crippen molar-refractivity contribution < 1.29 is 36.7 Å². The quantitative estimate of drug-likeness (QED) is 0.265. The zero-order valence-electron chi connectivity index (χ0n) is 18.3. The molecule has 0 aliphatic carbocycles. The molecule has 0 unspecified atom stereocenters. The fourth-order valence-electron chi connectivity index (χ4n) is 3.30. The van der Waals surface area contributed by atoms with Crippen molar-refractivity contribution in [2.24, 2.45) is 0 Å². The Balaban J connectivity index is 1.80. The van der Waals surface area contributed by atoms with Crippen LogP contribution in [0, 0.1) is 5.82 Å². The average Bonchev–Trinajstić information content (AvgIpc) is 3.03. The van der Waals surface area contributed by atoms with Gasteiger partial charge in [-0.25, -0.2) is 22.4 Å². The van der Waals surface area contributed by atoms with E-state index < -0.39 is 40.2 Å². The molecule has 1 heterocycles. The molecule has 178 valence electrons. The van der Waals surface area contributed by atoms with E-state index in [0.717, 1.165) is 0 Å². The molecule has 2 rings (SSSR count). The van der Waals surface area contributed by atoms with Crippen LogP contribution in [0.1, 0.15) is 44.6 Å². The van der Waals surface area contributed by atoms with Crippen molar-refractivity contribution >= 4 is 27.7 Å². The largest absolute Gasteiger partial charge is 0.479 e. The maximum absolute atomic E-state index is 14.0. The molecule has 3 amide bonds. The zero-order valence-corrected chi connectivity index (χ0v) is 19.1. The van der Waals surface area contributed by atoms with Crippen LogP contribution in [-0.4, -0.2) is 69.0 Å². The summed E-state index contributed by atoms with van der Waals surface area (Å²) in [5.41, 5.74) is 0.582. The lowest BCUT2D eigenvalue weighted by Gasteiger charge is -2.15. The lowest BCUT2D eigenvalue weighted by atomic mass is 10.0. The van der Waals surface area contributed by atoms with Crippen LogP contribution in [0.5, 0.6) is 5.75 Å². The Bertz CT molecular complexity index is 936. The van der Waals surface area contributed by atoms with Gasteiger partial charge in [0.2, 0.25) is 5.91 Å². The van der Waals surface area contributed by atoms with Gasteiger partial charge in [-0.2, -0.15) is 0 Å². The van der Waals surface area contributed by atoms with Crippen molar-refractivity contribution in [2.45, 2.75) is 39.0 Å². The Labute approximate surface area is 187 Å². The molecule has 1 aromatic carbocycles. The summed E-state index contributed by atoms with van der Waals surface area (Å²) in [6.45, 7) is 3.56. The first-order valence-corrected chi connectivity index (χ1v) is 12.3. The van der Waals surface area contributed by atoms with Gasteiger partial charge in [0.05, 0.1) is 18.1 Å². The SMILES string of the molecule is CCOC(=O)COc1cc([C@@H](C)CS(=O)(=O)CCCCCN2CC(=O)NC2=O)ccc1F. The number of amides is 3. The van der Waals surface area contributed by atoms with Gasteiger partial charge < -0.3 is 14.4 Å². The number of hydrogen-bond donors (Lipinski definition) is 1. The number of ether oxygens (including phenoxy) is 2. The van der Waals surface area contributed by atoms with E-state index in [0.29, 0.717) is 31.4 Å². The second-order valence-electron chi connectivity index (χ2n) is 7.63. The van der Waals surface area contributed by atoms with Crippen molar-refractivity contribution in [3.63, 3.8) is 0 Å². The fraction of sp³-hybridized carbons (Fsp3) is 0.571. The highest BCUT2D eigenvalue weighted by molar-refractivity contribution is 7.91. The molecular weight excluding hydrogens is 443 g/mol. The number of carbonyl (C=O) groups is 3. The number of imide groups is 1. The second-order valence-corrected chi connectivity index (χ2v) is 9.86. The van der Waals surface area contributed by atoms with Crippen LogP contribution in [0.15, 0.2) is 18.2 Å². The van der Waals surface area contributed by atoms with Crippen molar-refractivity contribution in [1.29, 1.82) is 0 Å². The summed E-state index contributed by atoms with van der Waals surface area (Å²) in [5.74, 6) is -2.25. The van der Waals surface area contributed by atoms with Crippen LogP contribution in [0.25, 0.3) is 0 Å². The summed E-state index contributed by atoms with van der Waals surface area (Å²) in [7, 11) is -3.36. The molecule has 1 atom stereocenters. The van der Waals surface area contributed by atoms with E-state index in [4.69, 9.17) is 9.47 Å². The van der Waals surface area contributed by atoms with Crippen molar-refractivity contribution in [3.8, 4) is 5.75 Å². The lowest BCUT2D eigenvalue weighted by molar-refractivity contribution is -0.145. The summed E-state index contributed by atoms with van der Waals surface area (Å²) < 4.78 is 48.8. The first-order valence-electron chi connectivity index (χ1n) is 10.5. The summed E-state index contributed by atoms with van der Waals surface area (Å²) in [4.78, 5) is 35.4. The first kappa shape index (κ1) is 25.6. The normalized spacial score (nSPS) is 14.9. The molecule has 1 saturated heterocycles. The highest BCUT2D eigenvalue weighted by Gasteiger charge is 2.25. The van der Waals surface area contributed by atoms with Crippen LogP contribution in [0.2, 0.25) is 0 Å². The first-order chi connectivity index (χ1) is 15.1. The van der Waals surface area contributed by atoms with Crippen LogP contribution in [0.3, 0.4) is 0 Å². The van der Waals surface area contributed by atoms with Crippen LogP contribution < -0.4 is 10.1 Å². The van der Waals surface area contributed by atoms with Crippen molar-refractivity contribution in [1.82, 2.24) is 10.2 Å². The van der Waals surface area contributed by atoms with Crippen LogP contribution >= 0.6 is 0 Å². The molecule has 0 saturated carbocycles. The third-order valence-corrected chi connectivity index (χ3v) is 6.85. The van der Waals surface area contributed by atoms with Gasteiger partial charge in [-0.3, -0.25) is 10.1 Å². The molecule has 32 heavy (non-hydrogen) atoms. The maximum Gasteiger partial charge on any atom is 0.344 e. The predicted octanol–water partition coefficient (Wildman–Crippen LogP) is 2.01. The summed E-state index contributed by atoms with van der Waals surface area (Å²) in [6, 6.07) is 3.66. The van der Waals surface area contributed by atoms with E-state index in [1.807, 2.05) is 0 Å². The van der Waals surface area contributed by atoms with Gasteiger partial charge in [0, 0.05) is 6.54 Å². The van der Waals surface area contributed by atoms with Crippen LogP contribution in [-0.2, 0) is 24.2 Å². The molecule has 0 radical (unpaired) electrons. The van der Waals surface area contributed by atoms with Crippen molar-refractivity contribution in [3.05, 3.63) is 29.6 Å². The number of halogens is 1. The predicted molar refractivity (Wildman–Crippen MR) is 115 cm³/mol. The monoisotopic (exact) mass is 472 g/mol. The number of urea groups is 1. The van der Waals surface area contributed by atoms with Crippen LogP contribution in [0.4, 0.5) is 9.18 Å². The topological polar surface area (TPSA) is 119 Å². The Hall–Kier alpha value is -2.69. The van der Waals surface area contributed by atoms with Crippen molar-refractivity contribution in [2.75, 3.05) is 37.8 Å². The molecule has 0 aromatic heterocycles. The number of unbranched alkanes of at least 4 members (excludes halogenated alkanes) is 2. The standard InChI is InChI=1S/C21H29FN2O7S/c1-3-30-20(26)13-31-18-11-16(7-8-17(18)22)15(2)14-32(28,29)10-6-4-5-9-24-12-19(25)23-21(24)27/h7-8,11,15H,3-6,9-10,12-14H2,1-2H3,(H,23,25,27)/t15-/m0/s1. The Morgan fingerprint density at radius 1 is 1.25 bits per heavy atom. The molecule has 1 N–H and O–H groups in total. The van der Waals surface area contributed by atoms with E-state index in [1.165, 1.54) is 23.1 Å². The number of nitrogens with zero attached hydrogens (tertiary/aromatic N) is 1. The molecule has 0 spiro atoms. The molecule has 1 fully saturated rings. The molecule has 0 bridgehead atoms. The zero-order chi connectivity index (χ0) is 23.7. The Morgan fingerprint density at radius 2 is 2.00 bits per heavy atom. The third-order valence-electron chi connectivity index (χ3n) is 4.93. The minimum absolute atomic E-state index is 0.00409. The molecule has 1 aliphatic rings. The van der Waals surface area contributed by atoms with Gasteiger partial charge in [0.1, 0.15) is 6.54 Å². The highest BCUT2D eigenvalue weighted by Crippen LogP contribution is 2.25. The second kappa shape index (κ2) is 11.8. The number of nitrogens with one attached hydrogen (secondary N) is 1. The molecule has 1 aromatic rings. The number of benzene rings is 1. The van der Waals surface area contributed by atoms with E-state index in [-0.39, 0.29) is 36.3 Å². The number of hydrogen-bond acceptors (Lipinski definition) is 7. The summed E-state index contributed by atoms with van der Waals surface area (Å²) in [6.07, 6.45) is 1.65. The van der Waals surface area contributed by atoms with Gasteiger partial charge in [0.15, 0.2) is 28.0 Å². The van der Waals surface area contributed by atoms with E-state index in [9.17, 15) is 27.2 Å². The van der Waals surface area contributed by atoms with Gasteiger partial charge in [-0.05, 0) is 43.4 Å². The number of rotatable bonds is 13. The van der Waals surface area contributed by atoms with Gasteiger partial charge >= 0.3 is 12.0 Å². The van der Waals surface area contributed by atoms with Gasteiger partial charge in [-0.15, -0.1) is 0 Å². The number of carbonyl (C=O) groups excluding carboxylic acids is 3. The van der Waals surface area contributed by atoms with E-state index >= 15 is 0 Å². The number of sulfone groups is 1. The fourth-order valence-corrected chi connectivity index (χ4v) is 5.07. The number of esters is 1. The summed E-state index contributed by atoms with van der Waals surface area (Å²) in [5, 5.41) is 2.19. The molecular formula is C21H29FN2O7S. The molecule has 1 aliphatic heterocycles. The Morgan fingerprint density at radius 3 is 2.66 bits per heavy atom. The van der Waals surface area contributed by atoms with Gasteiger partial charge in [0.25, 0.3) is 0 Å². The maximum atomic E-state index is 14.0. The summed E-state index contributed by atoms with van der Waals surface area (Å²) >= 11 is 0. The van der Waals surface area contributed by atoms with E-state index in [2.05, 4.69) is 5.32 Å². The van der Waals surface area contributed by atoms with E-state index in [1.54, 1.807) is 13.8 Å². The minimum atomic E-state index is -3.36.